The van der Waals surface area contributed by atoms with Gasteiger partial charge in [0.2, 0.25) is 5.91 Å². The molecular weight excluding hydrogens is 212 g/mol. The van der Waals surface area contributed by atoms with Gasteiger partial charge < -0.3 is 11.1 Å². The van der Waals surface area contributed by atoms with E-state index < -0.39 is 0 Å². The number of amides is 1. The molecule has 1 amide bonds. The van der Waals surface area contributed by atoms with Gasteiger partial charge in [0, 0.05) is 18.5 Å². The highest BCUT2D eigenvalue weighted by Crippen LogP contribution is 2.39. The van der Waals surface area contributed by atoms with Gasteiger partial charge in [-0.05, 0) is 43.9 Å². The van der Waals surface area contributed by atoms with Crippen LogP contribution in [0.5, 0.6) is 0 Å². The van der Waals surface area contributed by atoms with Crippen molar-refractivity contribution in [2.45, 2.75) is 59.4 Å². The fraction of sp³-hybridized carbons (Fsp3) is 0.929. The van der Waals surface area contributed by atoms with Crippen molar-refractivity contribution in [3.8, 4) is 0 Å². The van der Waals surface area contributed by atoms with E-state index in [9.17, 15) is 4.79 Å². The second-order valence-corrected chi connectivity index (χ2v) is 6.56. The van der Waals surface area contributed by atoms with E-state index in [1.54, 1.807) is 0 Å². The maximum Gasteiger partial charge on any atom is 0.223 e. The van der Waals surface area contributed by atoms with Crippen LogP contribution < -0.4 is 11.1 Å². The first-order valence-corrected chi connectivity index (χ1v) is 6.85. The predicted octanol–water partition coefficient (Wildman–Crippen LogP) is 2.30. The number of hydrogen-bond acceptors (Lipinski definition) is 2. The number of nitrogens with two attached hydrogens (primary N) is 1. The zero-order chi connectivity index (χ0) is 13.1. The maximum atomic E-state index is 12.0. The molecule has 0 aromatic heterocycles. The summed E-state index contributed by atoms with van der Waals surface area (Å²) in [5.41, 5.74) is 5.90. The van der Waals surface area contributed by atoms with Crippen molar-refractivity contribution in [1.82, 2.24) is 5.32 Å². The molecule has 1 rings (SSSR count). The first-order valence-electron chi connectivity index (χ1n) is 6.85. The van der Waals surface area contributed by atoms with E-state index in [-0.39, 0.29) is 17.9 Å². The number of carbonyl (C=O) groups excluding carboxylic acids is 1. The van der Waals surface area contributed by atoms with Gasteiger partial charge in [-0.15, -0.1) is 0 Å². The fourth-order valence-corrected chi connectivity index (χ4v) is 2.64. The second kappa shape index (κ2) is 5.85. The van der Waals surface area contributed by atoms with Gasteiger partial charge in [-0.3, -0.25) is 4.79 Å². The first kappa shape index (κ1) is 14.5. The van der Waals surface area contributed by atoms with Crippen molar-refractivity contribution < 1.29 is 4.79 Å². The molecule has 1 atom stereocenters. The summed E-state index contributed by atoms with van der Waals surface area (Å²) in [4.78, 5) is 12.0. The molecular formula is C14H28N2O. The summed E-state index contributed by atoms with van der Waals surface area (Å²) in [5.74, 6) is 1.18. The van der Waals surface area contributed by atoms with Gasteiger partial charge >= 0.3 is 0 Å². The molecule has 0 saturated heterocycles. The summed E-state index contributed by atoms with van der Waals surface area (Å²) >= 11 is 0. The van der Waals surface area contributed by atoms with E-state index in [4.69, 9.17) is 5.73 Å². The van der Waals surface area contributed by atoms with E-state index in [1.165, 1.54) is 12.8 Å². The van der Waals surface area contributed by atoms with Crippen molar-refractivity contribution in [2.75, 3.05) is 6.54 Å². The molecule has 3 heteroatoms. The quantitative estimate of drug-likeness (QED) is 0.795. The zero-order valence-electron chi connectivity index (χ0n) is 11.8. The average Bonchev–Trinajstić information content (AvgIpc) is 2.27. The summed E-state index contributed by atoms with van der Waals surface area (Å²) in [6.45, 7) is 9.37. The number of hydrogen-bond donors (Lipinski definition) is 2. The predicted molar refractivity (Wildman–Crippen MR) is 71.6 cm³/mol. The Hall–Kier alpha value is -0.570. The maximum absolute atomic E-state index is 12.0. The minimum absolute atomic E-state index is 0.0999. The van der Waals surface area contributed by atoms with Crippen molar-refractivity contribution in [1.29, 1.82) is 0 Å². The lowest BCUT2D eigenvalue weighted by atomic mass is 9.69. The molecule has 3 N–H and O–H groups in total. The van der Waals surface area contributed by atoms with E-state index in [0.717, 1.165) is 18.8 Å². The Labute approximate surface area is 106 Å². The Kier molecular flexibility index (Phi) is 4.99. The van der Waals surface area contributed by atoms with Gasteiger partial charge in [-0.1, -0.05) is 20.8 Å². The van der Waals surface area contributed by atoms with Crippen LogP contribution in [0.2, 0.25) is 0 Å². The Morgan fingerprint density at radius 1 is 1.29 bits per heavy atom. The Bertz CT molecular complexity index is 249. The Morgan fingerprint density at radius 3 is 2.24 bits per heavy atom. The third-order valence-corrected chi connectivity index (χ3v) is 4.06. The third-order valence-electron chi connectivity index (χ3n) is 4.06. The summed E-state index contributed by atoms with van der Waals surface area (Å²) in [7, 11) is 0. The number of carbonyl (C=O) groups is 1. The third kappa shape index (κ3) is 4.30. The monoisotopic (exact) mass is 240 g/mol. The van der Waals surface area contributed by atoms with Crippen molar-refractivity contribution >= 4 is 5.91 Å². The molecule has 0 radical (unpaired) electrons. The van der Waals surface area contributed by atoms with E-state index in [0.29, 0.717) is 12.0 Å². The van der Waals surface area contributed by atoms with Crippen LogP contribution in [0.4, 0.5) is 0 Å². The molecule has 0 aromatic rings. The summed E-state index contributed by atoms with van der Waals surface area (Å²) in [6.07, 6.45) is 4.42. The Balaban J connectivity index is 2.39. The van der Waals surface area contributed by atoms with Gasteiger partial charge in [0.25, 0.3) is 0 Å². The highest BCUT2D eigenvalue weighted by atomic mass is 16.1. The van der Waals surface area contributed by atoms with Crippen LogP contribution in [0.15, 0.2) is 0 Å². The van der Waals surface area contributed by atoms with Crippen molar-refractivity contribution in [3.05, 3.63) is 0 Å². The van der Waals surface area contributed by atoms with Crippen LogP contribution in [0.25, 0.3) is 0 Å². The average molecular weight is 240 g/mol. The lowest BCUT2D eigenvalue weighted by Gasteiger charge is -2.36. The van der Waals surface area contributed by atoms with Crippen LogP contribution in [0.3, 0.4) is 0 Å². The van der Waals surface area contributed by atoms with Crippen LogP contribution in [0, 0.1) is 17.3 Å². The SMILES string of the molecule is C[C@H](CN)NC(=O)C1CCC(C(C)(C)C)CC1. The number of nitrogens with one attached hydrogen (secondary N) is 1. The van der Waals surface area contributed by atoms with E-state index in [2.05, 4.69) is 26.1 Å². The first-order chi connectivity index (χ1) is 7.84. The molecule has 0 spiro atoms. The van der Waals surface area contributed by atoms with Gasteiger partial charge in [0.05, 0.1) is 0 Å². The fourth-order valence-electron chi connectivity index (χ4n) is 2.64. The topological polar surface area (TPSA) is 55.1 Å². The van der Waals surface area contributed by atoms with Gasteiger partial charge in [0.15, 0.2) is 0 Å². The minimum Gasteiger partial charge on any atom is -0.352 e. The van der Waals surface area contributed by atoms with Crippen LogP contribution in [-0.4, -0.2) is 18.5 Å². The number of rotatable bonds is 3. The molecule has 0 heterocycles. The van der Waals surface area contributed by atoms with Crippen LogP contribution >= 0.6 is 0 Å². The van der Waals surface area contributed by atoms with Gasteiger partial charge in [-0.25, -0.2) is 0 Å². The normalized spacial score (nSPS) is 27.6. The molecule has 1 aliphatic rings. The molecule has 1 aliphatic carbocycles. The zero-order valence-corrected chi connectivity index (χ0v) is 11.8. The van der Waals surface area contributed by atoms with Crippen molar-refractivity contribution in [3.63, 3.8) is 0 Å². The lowest BCUT2D eigenvalue weighted by Crippen LogP contribution is -2.42. The van der Waals surface area contributed by atoms with E-state index in [1.807, 2.05) is 6.92 Å². The molecule has 1 saturated carbocycles. The molecule has 17 heavy (non-hydrogen) atoms. The minimum atomic E-state index is 0.0999. The summed E-state index contributed by atoms with van der Waals surface area (Å²) in [5, 5.41) is 2.99. The summed E-state index contributed by atoms with van der Waals surface area (Å²) < 4.78 is 0. The van der Waals surface area contributed by atoms with Gasteiger partial charge in [-0.2, -0.15) is 0 Å². The largest absolute Gasteiger partial charge is 0.352 e. The molecule has 1 fully saturated rings. The molecule has 100 valence electrons. The molecule has 0 aromatic carbocycles. The smallest absolute Gasteiger partial charge is 0.223 e. The highest BCUT2D eigenvalue weighted by molar-refractivity contribution is 5.79. The van der Waals surface area contributed by atoms with Crippen LogP contribution in [-0.2, 0) is 4.79 Å². The second-order valence-electron chi connectivity index (χ2n) is 6.56. The van der Waals surface area contributed by atoms with Crippen LogP contribution in [0.1, 0.15) is 53.4 Å². The van der Waals surface area contributed by atoms with E-state index >= 15 is 0 Å². The molecule has 3 nitrogen and oxygen atoms in total. The van der Waals surface area contributed by atoms with Crippen molar-refractivity contribution in [2.24, 2.45) is 23.0 Å². The standard InChI is InChI=1S/C14H28N2O/c1-10(9-15)16-13(17)11-5-7-12(8-6-11)14(2,3)4/h10-12H,5-9,15H2,1-4H3,(H,16,17)/t10-,11?,12?/m1/s1. The molecule has 0 unspecified atom stereocenters. The molecule has 0 aliphatic heterocycles. The lowest BCUT2D eigenvalue weighted by molar-refractivity contribution is -0.127. The summed E-state index contributed by atoms with van der Waals surface area (Å²) in [6, 6.07) is 0.0999. The highest BCUT2D eigenvalue weighted by Gasteiger charge is 2.32. The Morgan fingerprint density at radius 2 is 1.82 bits per heavy atom. The van der Waals surface area contributed by atoms with Gasteiger partial charge in [0.1, 0.15) is 0 Å². The molecule has 0 bridgehead atoms.